The van der Waals surface area contributed by atoms with Crippen molar-refractivity contribution in [1.29, 1.82) is 0 Å². The molecule has 0 bridgehead atoms. The van der Waals surface area contributed by atoms with Crippen LogP contribution in [0.15, 0.2) is 0 Å². The topological polar surface area (TPSA) is 156 Å². The van der Waals surface area contributed by atoms with Gasteiger partial charge < -0.3 is 20.3 Å². The van der Waals surface area contributed by atoms with E-state index < -0.39 is 39.7 Å². The first-order chi connectivity index (χ1) is 12.3. The Bertz CT molecular complexity index is 615. The van der Waals surface area contributed by atoms with Crippen LogP contribution in [0.3, 0.4) is 0 Å². The van der Waals surface area contributed by atoms with Crippen LogP contribution < -0.4 is 5.32 Å². The molecule has 0 aromatic heterocycles. The van der Waals surface area contributed by atoms with E-state index in [-0.39, 0.29) is 44.1 Å². The largest absolute Gasteiger partial charge is 0.479 e. The fourth-order valence-electron chi connectivity index (χ4n) is 2.26. The Morgan fingerprint density at radius 1 is 1.15 bits per heavy atom. The summed E-state index contributed by atoms with van der Waals surface area (Å²) in [5, 5.41) is 21.5. The third kappa shape index (κ3) is 10.3. The van der Waals surface area contributed by atoms with E-state index in [0.29, 0.717) is 0 Å². The number of nitrogens with one attached hydrogen (secondary N) is 1. The van der Waals surface area contributed by atoms with Crippen molar-refractivity contribution in [3.8, 4) is 0 Å². The first kappa shape index (κ1) is 25.3. The van der Waals surface area contributed by atoms with Gasteiger partial charge in [0.05, 0.1) is 18.5 Å². The molecule has 0 saturated heterocycles. The zero-order valence-electron chi connectivity index (χ0n) is 16.1. The molecule has 0 aliphatic rings. The van der Waals surface area contributed by atoms with Crippen LogP contribution in [0.1, 0.15) is 47.0 Å². The summed E-state index contributed by atoms with van der Waals surface area (Å²) in [5.74, 6) is -2.67. The number of ether oxygens (including phenoxy) is 1. The standard InChI is InChI=1S/C16H29NO9S/c1-11(18)17-8-6-10-27(23,24)26-13(7-5-9-25-12(2)19)16(3,4)14(20)15(21)22/h13-14,20H,5-10H2,1-4H3,(H,17,18)(H,21,22)/t13?,14-/m0/s1. The molecular formula is C16H29NO9S. The quantitative estimate of drug-likeness (QED) is 0.216. The Balaban J connectivity index is 5.08. The molecule has 0 heterocycles. The van der Waals surface area contributed by atoms with Crippen LogP contribution in [0.2, 0.25) is 0 Å². The Hall–Kier alpha value is -1.72. The van der Waals surface area contributed by atoms with Gasteiger partial charge in [-0.05, 0) is 19.3 Å². The number of aliphatic hydroxyl groups is 1. The highest BCUT2D eigenvalue weighted by Gasteiger charge is 2.43. The fraction of sp³-hybridized carbons (Fsp3) is 0.812. The summed E-state index contributed by atoms with van der Waals surface area (Å²) in [4.78, 5) is 32.8. The molecule has 158 valence electrons. The number of hydrogen-bond acceptors (Lipinski definition) is 8. The fourth-order valence-corrected chi connectivity index (χ4v) is 3.55. The van der Waals surface area contributed by atoms with E-state index in [9.17, 15) is 27.9 Å². The van der Waals surface area contributed by atoms with Crippen molar-refractivity contribution >= 4 is 28.0 Å². The van der Waals surface area contributed by atoms with Crippen molar-refractivity contribution in [2.45, 2.75) is 59.2 Å². The van der Waals surface area contributed by atoms with E-state index >= 15 is 0 Å². The first-order valence-electron chi connectivity index (χ1n) is 8.49. The Morgan fingerprint density at radius 2 is 1.74 bits per heavy atom. The van der Waals surface area contributed by atoms with Crippen molar-refractivity contribution in [2.24, 2.45) is 5.41 Å². The SMILES string of the molecule is CC(=O)NCCCS(=O)(=O)OC(CCCOC(C)=O)C(C)(C)[C@@H](O)C(=O)O. The summed E-state index contributed by atoms with van der Waals surface area (Å²) in [5.41, 5.74) is -1.42. The van der Waals surface area contributed by atoms with Gasteiger partial charge in [-0.15, -0.1) is 0 Å². The van der Waals surface area contributed by atoms with Crippen molar-refractivity contribution in [3.05, 3.63) is 0 Å². The van der Waals surface area contributed by atoms with Gasteiger partial charge in [0.2, 0.25) is 5.91 Å². The van der Waals surface area contributed by atoms with Crippen LogP contribution in [-0.4, -0.2) is 67.6 Å². The number of esters is 1. The van der Waals surface area contributed by atoms with Gasteiger partial charge in [-0.2, -0.15) is 8.42 Å². The monoisotopic (exact) mass is 411 g/mol. The lowest BCUT2D eigenvalue weighted by Crippen LogP contribution is -2.47. The molecule has 0 aromatic rings. The normalized spacial score (nSPS) is 14.3. The first-order valence-corrected chi connectivity index (χ1v) is 10.1. The summed E-state index contributed by atoms with van der Waals surface area (Å²) in [7, 11) is -4.04. The van der Waals surface area contributed by atoms with Crippen molar-refractivity contribution in [3.63, 3.8) is 0 Å². The lowest BCUT2D eigenvalue weighted by atomic mass is 9.79. The van der Waals surface area contributed by atoms with E-state index in [2.05, 4.69) is 5.32 Å². The second-order valence-electron chi connectivity index (χ2n) is 6.73. The van der Waals surface area contributed by atoms with E-state index in [1.165, 1.54) is 27.7 Å². The molecule has 1 unspecified atom stereocenters. The van der Waals surface area contributed by atoms with Crippen molar-refractivity contribution in [1.82, 2.24) is 5.32 Å². The second kappa shape index (κ2) is 11.2. The molecule has 10 nitrogen and oxygen atoms in total. The molecule has 2 atom stereocenters. The molecule has 27 heavy (non-hydrogen) atoms. The summed E-state index contributed by atoms with van der Waals surface area (Å²) in [6, 6.07) is 0. The number of carbonyl (C=O) groups excluding carboxylic acids is 2. The van der Waals surface area contributed by atoms with Crippen molar-refractivity contribution in [2.75, 3.05) is 18.9 Å². The Kier molecular flexibility index (Phi) is 10.5. The predicted octanol–water partition coefficient (Wildman–Crippen LogP) is 0.0426. The molecule has 0 aliphatic carbocycles. The van der Waals surface area contributed by atoms with E-state index in [1.807, 2.05) is 0 Å². The molecule has 1 amide bonds. The third-order valence-corrected chi connectivity index (χ3v) is 5.21. The zero-order valence-corrected chi connectivity index (χ0v) is 16.9. The molecule has 0 spiro atoms. The molecule has 0 aromatic carbocycles. The zero-order chi connectivity index (χ0) is 21.3. The maximum absolute atomic E-state index is 12.2. The van der Waals surface area contributed by atoms with Gasteiger partial charge in [-0.1, -0.05) is 13.8 Å². The van der Waals surface area contributed by atoms with Gasteiger partial charge >= 0.3 is 11.9 Å². The second-order valence-corrected chi connectivity index (χ2v) is 8.44. The van der Waals surface area contributed by atoms with Gasteiger partial charge in [-0.25, -0.2) is 4.79 Å². The molecule has 0 rings (SSSR count). The van der Waals surface area contributed by atoms with Gasteiger partial charge in [0.15, 0.2) is 6.10 Å². The van der Waals surface area contributed by atoms with Crippen LogP contribution in [0.4, 0.5) is 0 Å². The molecular weight excluding hydrogens is 382 g/mol. The van der Waals surface area contributed by atoms with Crippen LogP contribution in [0, 0.1) is 5.41 Å². The molecule has 0 aliphatic heterocycles. The summed E-state index contributed by atoms with van der Waals surface area (Å²) in [6.45, 7) is 5.46. The highest BCUT2D eigenvalue weighted by molar-refractivity contribution is 7.86. The van der Waals surface area contributed by atoms with Gasteiger partial charge in [0.1, 0.15) is 0 Å². The maximum atomic E-state index is 12.2. The molecule has 0 fully saturated rings. The van der Waals surface area contributed by atoms with Gasteiger partial charge in [0.25, 0.3) is 10.1 Å². The Morgan fingerprint density at radius 3 is 2.22 bits per heavy atom. The number of aliphatic hydroxyl groups excluding tert-OH is 1. The molecule has 0 saturated carbocycles. The number of carboxylic acids is 1. The lowest BCUT2D eigenvalue weighted by molar-refractivity contribution is -0.158. The van der Waals surface area contributed by atoms with Crippen LogP contribution in [-0.2, 0) is 33.4 Å². The minimum atomic E-state index is -4.04. The molecule has 0 radical (unpaired) electrons. The van der Waals surface area contributed by atoms with Crippen molar-refractivity contribution < 1.29 is 41.9 Å². The summed E-state index contributed by atoms with van der Waals surface area (Å²) < 4.78 is 34.4. The lowest BCUT2D eigenvalue weighted by Gasteiger charge is -2.35. The number of aliphatic carboxylic acids is 1. The van der Waals surface area contributed by atoms with E-state index in [4.69, 9.17) is 14.0 Å². The average molecular weight is 411 g/mol. The number of hydrogen-bond donors (Lipinski definition) is 3. The minimum Gasteiger partial charge on any atom is -0.479 e. The number of amides is 1. The highest BCUT2D eigenvalue weighted by atomic mass is 32.2. The number of carbonyl (C=O) groups is 3. The van der Waals surface area contributed by atoms with Gasteiger partial charge in [-0.3, -0.25) is 13.8 Å². The number of rotatable bonds is 13. The Labute approximate surface area is 159 Å². The molecule has 3 N–H and O–H groups in total. The average Bonchev–Trinajstić information content (AvgIpc) is 2.53. The molecule has 11 heteroatoms. The third-order valence-electron chi connectivity index (χ3n) is 3.89. The van der Waals surface area contributed by atoms with E-state index in [1.54, 1.807) is 0 Å². The predicted molar refractivity (Wildman–Crippen MR) is 95.3 cm³/mol. The summed E-state index contributed by atoms with van der Waals surface area (Å²) >= 11 is 0. The summed E-state index contributed by atoms with van der Waals surface area (Å²) in [6.07, 6.45) is -2.61. The van der Waals surface area contributed by atoms with Gasteiger partial charge in [0, 0.05) is 25.8 Å². The number of carboxylic acid groups (broad SMARTS) is 1. The van der Waals surface area contributed by atoms with Crippen LogP contribution in [0.5, 0.6) is 0 Å². The van der Waals surface area contributed by atoms with Crippen LogP contribution in [0.25, 0.3) is 0 Å². The van der Waals surface area contributed by atoms with E-state index in [0.717, 1.165) is 0 Å². The highest BCUT2D eigenvalue weighted by Crippen LogP contribution is 2.32. The van der Waals surface area contributed by atoms with Crippen LogP contribution >= 0.6 is 0 Å². The smallest absolute Gasteiger partial charge is 0.333 e. The maximum Gasteiger partial charge on any atom is 0.333 e. The minimum absolute atomic E-state index is 0.0109.